The molecule has 3 heteroatoms. The van der Waals surface area contributed by atoms with E-state index in [9.17, 15) is 0 Å². The van der Waals surface area contributed by atoms with Crippen LogP contribution >= 0.6 is 11.3 Å². The zero-order valence-corrected chi connectivity index (χ0v) is 12.6. The Bertz CT molecular complexity index is 356. The third-order valence-corrected chi connectivity index (χ3v) is 5.52. The van der Waals surface area contributed by atoms with Gasteiger partial charge in [-0.1, -0.05) is 32.1 Å². The van der Waals surface area contributed by atoms with Crippen molar-refractivity contribution in [1.29, 1.82) is 0 Å². The largest absolute Gasteiger partial charge is 0.330 e. The number of aryl methyl sites for hydroxylation is 2. The van der Waals surface area contributed by atoms with Crippen LogP contribution in [0.2, 0.25) is 0 Å². The molecule has 1 heterocycles. The van der Waals surface area contributed by atoms with Gasteiger partial charge in [0.2, 0.25) is 0 Å². The van der Waals surface area contributed by atoms with Gasteiger partial charge in [-0.15, -0.1) is 11.3 Å². The summed E-state index contributed by atoms with van der Waals surface area (Å²) in [6.45, 7) is 5.11. The van der Waals surface area contributed by atoms with Gasteiger partial charge in [-0.05, 0) is 38.6 Å². The standard InChI is InChI=1S/C15H26N2S/c1-12-13(2)18-14(17-12)10-15(11-16)8-6-4-3-5-7-9-15/h3-11,16H2,1-2H3. The molecule has 1 aromatic rings. The van der Waals surface area contributed by atoms with Crippen molar-refractivity contribution in [1.82, 2.24) is 4.98 Å². The van der Waals surface area contributed by atoms with Crippen LogP contribution < -0.4 is 5.73 Å². The molecule has 0 aromatic carbocycles. The molecule has 1 aliphatic rings. The fourth-order valence-corrected chi connectivity index (χ4v) is 4.15. The number of rotatable bonds is 3. The van der Waals surface area contributed by atoms with Crippen LogP contribution in [0.3, 0.4) is 0 Å². The molecule has 18 heavy (non-hydrogen) atoms. The highest BCUT2D eigenvalue weighted by Gasteiger charge is 2.30. The zero-order valence-electron chi connectivity index (χ0n) is 11.8. The van der Waals surface area contributed by atoms with Gasteiger partial charge in [-0.3, -0.25) is 0 Å². The molecule has 0 unspecified atom stereocenters. The molecule has 1 aliphatic carbocycles. The average molecular weight is 266 g/mol. The molecule has 1 fully saturated rings. The molecular weight excluding hydrogens is 240 g/mol. The maximum Gasteiger partial charge on any atom is 0.0936 e. The normalized spacial score (nSPS) is 20.4. The monoisotopic (exact) mass is 266 g/mol. The first kappa shape index (κ1) is 14.0. The number of hydrogen-bond donors (Lipinski definition) is 1. The maximum absolute atomic E-state index is 6.13. The van der Waals surface area contributed by atoms with Gasteiger partial charge in [-0.25, -0.2) is 4.98 Å². The molecule has 0 bridgehead atoms. The van der Waals surface area contributed by atoms with Crippen LogP contribution in [0.5, 0.6) is 0 Å². The number of nitrogens with zero attached hydrogens (tertiary/aromatic N) is 1. The Kier molecular flexibility index (Phi) is 4.79. The van der Waals surface area contributed by atoms with Crippen LogP contribution in [0.25, 0.3) is 0 Å². The van der Waals surface area contributed by atoms with Crippen molar-refractivity contribution >= 4 is 11.3 Å². The Labute approximate surface area is 115 Å². The predicted molar refractivity (Wildman–Crippen MR) is 79.1 cm³/mol. The van der Waals surface area contributed by atoms with E-state index in [0.29, 0.717) is 5.41 Å². The van der Waals surface area contributed by atoms with Crippen molar-refractivity contribution in [2.24, 2.45) is 11.1 Å². The lowest BCUT2D eigenvalue weighted by Crippen LogP contribution is -2.33. The van der Waals surface area contributed by atoms with Gasteiger partial charge in [0.15, 0.2) is 0 Å². The maximum atomic E-state index is 6.13. The van der Waals surface area contributed by atoms with Crippen LogP contribution in [0, 0.1) is 19.3 Å². The number of hydrogen-bond acceptors (Lipinski definition) is 3. The Morgan fingerprint density at radius 3 is 2.22 bits per heavy atom. The van der Waals surface area contributed by atoms with Gasteiger partial charge in [0.1, 0.15) is 0 Å². The first-order chi connectivity index (χ1) is 8.65. The summed E-state index contributed by atoms with van der Waals surface area (Å²) >= 11 is 1.87. The minimum atomic E-state index is 0.331. The van der Waals surface area contributed by atoms with Crippen molar-refractivity contribution in [3.63, 3.8) is 0 Å². The van der Waals surface area contributed by atoms with Crippen LogP contribution in [0.4, 0.5) is 0 Å². The van der Waals surface area contributed by atoms with E-state index in [1.54, 1.807) is 0 Å². The number of aromatic nitrogens is 1. The van der Waals surface area contributed by atoms with Crippen molar-refractivity contribution in [3.8, 4) is 0 Å². The van der Waals surface area contributed by atoms with Crippen molar-refractivity contribution in [3.05, 3.63) is 15.6 Å². The lowest BCUT2D eigenvalue weighted by molar-refractivity contribution is 0.216. The minimum Gasteiger partial charge on any atom is -0.330 e. The van der Waals surface area contributed by atoms with Gasteiger partial charge < -0.3 is 5.73 Å². The highest BCUT2D eigenvalue weighted by atomic mass is 32.1. The molecule has 0 radical (unpaired) electrons. The van der Waals surface area contributed by atoms with Crippen LogP contribution in [0.15, 0.2) is 0 Å². The van der Waals surface area contributed by atoms with E-state index in [1.807, 2.05) is 11.3 Å². The molecule has 0 aliphatic heterocycles. The first-order valence-electron chi connectivity index (χ1n) is 7.28. The Hall–Kier alpha value is -0.410. The molecule has 2 nitrogen and oxygen atoms in total. The Morgan fingerprint density at radius 1 is 1.11 bits per heavy atom. The average Bonchev–Trinajstić information content (AvgIpc) is 2.62. The SMILES string of the molecule is Cc1nc(CC2(CN)CCCCCCC2)sc1C. The van der Waals surface area contributed by atoms with Crippen LogP contribution in [0.1, 0.15) is 60.5 Å². The smallest absolute Gasteiger partial charge is 0.0936 e. The van der Waals surface area contributed by atoms with Gasteiger partial charge in [0.05, 0.1) is 10.7 Å². The Morgan fingerprint density at radius 2 is 1.72 bits per heavy atom. The van der Waals surface area contributed by atoms with Crippen LogP contribution in [-0.4, -0.2) is 11.5 Å². The fourth-order valence-electron chi connectivity index (χ4n) is 3.04. The zero-order chi connectivity index (χ0) is 13.0. The minimum absolute atomic E-state index is 0.331. The fraction of sp³-hybridized carbons (Fsp3) is 0.800. The van der Waals surface area contributed by atoms with E-state index in [1.165, 1.54) is 60.5 Å². The molecule has 2 rings (SSSR count). The highest BCUT2D eigenvalue weighted by molar-refractivity contribution is 7.11. The van der Waals surface area contributed by atoms with Gasteiger partial charge >= 0.3 is 0 Å². The summed E-state index contributed by atoms with van der Waals surface area (Å²) in [5, 5.41) is 1.30. The van der Waals surface area contributed by atoms with Crippen molar-refractivity contribution in [2.45, 2.75) is 65.2 Å². The lowest BCUT2D eigenvalue weighted by atomic mass is 9.74. The summed E-state index contributed by atoms with van der Waals surface area (Å²) in [5.74, 6) is 0. The molecule has 0 amide bonds. The van der Waals surface area contributed by atoms with Gasteiger partial charge in [0, 0.05) is 11.3 Å². The first-order valence-corrected chi connectivity index (χ1v) is 8.10. The van der Waals surface area contributed by atoms with E-state index in [0.717, 1.165) is 13.0 Å². The summed E-state index contributed by atoms with van der Waals surface area (Å²) in [7, 11) is 0. The third kappa shape index (κ3) is 3.33. The van der Waals surface area contributed by atoms with E-state index < -0.39 is 0 Å². The summed E-state index contributed by atoms with van der Waals surface area (Å²) < 4.78 is 0. The summed E-state index contributed by atoms with van der Waals surface area (Å²) in [6, 6.07) is 0. The molecule has 0 saturated heterocycles. The second-order valence-corrected chi connectivity index (χ2v) is 7.19. The van der Waals surface area contributed by atoms with Crippen molar-refractivity contribution in [2.75, 3.05) is 6.54 Å². The molecule has 0 atom stereocenters. The second-order valence-electron chi connectivity index (χ2n) is 5.90. The van der Waals surface area contributed by atoms with Crippen LogP contribution in [-0.2, 0) is 6.42 Å². The molecule has 0 spiro atoms. The molecule has 1 aromatic heterocycles. The summed E-state index contributed by atoms with van der Waals surface area (Å²) in [5.41, 5.74) is 7.66. The van der Waals surface area contributed by atoms with E-state index in [-0.39, 0.29) is 0 Å². The van der Waals surface area contributed by atoms with Crippen molar-refractivity contribution < 1.29 is 0 Å². The third-order valence-electron chi connectivity index (χ3n) is 4.45. The molecule has 1 saturated carbocycles. The van der Waals surface area contributed by atoms with Gasteiger partial charge in [0.25, 0.3) is 0 Å². The lowest BCUT2D eigenvalue weighted by Gasteiger charge is -2.33. The highest BCUT2D eigenvalue weighted by Crippen LogP contribution is 2.37. The number of thiazole rings is 1. The second kappa shape index (κ2) is 6.16. The molecule has 102 valence electrons. The molecular formula is C15H26N2S. The van der Waals surface area contributed by atoms with E-state index in [4.69, 9.17) is 10.7 Å². The summed E-state index contributed by atoms with van der Waals surface area (Å²) in [4.78, 5) is 6.08. The van der Waals surface area contributed by atoms with Gasteiger partial charge in [-0.2, -0.15) is 0 Å². The molecule has 2 N–H and O–H groups in total. The van der Waals surface area contributed by atoms with E-state index in [2.05, 4.69) is 13.8 Å². The van der Waals surface area contributed by atoms with E-state index >= 15 is 0 Å². The Balaban J connectivity index is 2.10. The predicted octanol–water partition coefficient (Wildman–Crippen LogP) is 3.99. The quantitative estimate of drug-likeness (QED) is 0.898. The summed E-state index contributed by atoms with van der Waals surface area (Å²) in [6.07, 6.45) is 10.6. The topological polar surface area (TPSA) is 38.9 Å². The number of nitrogens with two attached hydrogens (primary N) is 1.